The minimum absolute atomic E-state index is 0.199. The number of halogens is 1. The molecule has 0 aliphatic carbocycles. The van der Waals surface area contributed by atoms with E-state index in [1.807, 2.05) is 13.8 Å². The Bertz CT molecular complexity index is 1180. The monoisotopic (exact) mass is 460 g/mol. The number of amides is 1. The van der Waals surface area contributed by atoms with Crippen LogP contribution in [0.25, 0.3) is 11.0 Å². The molecule has 0 atom stereocenters. The third-order valence-corrected chi connectivity index (χ3v) is 5.01. The van der Waals surface area contributed by atoms with Crippen LogP contribution in [0, 0.1) is 0 Å². The third kappa shape index (κ3) is 4.09. The highest BCUT2D eigenvalue weighted by Gasteiger charge is 2.20. The van der Waals surface area contributed by atoms with Crippen LogP contribution in [0.2, 0.25) is 0 Å². The largest absolute Gasteiger partial charge is 0.493 e. The van der Waals surface area contributed by atoms with Gasteiger partial charge in [0.25, 0.3) is 5.56 Å². The molecule has 1 N–H and O–H groups in total. The van der Waals surface area contributed by atoms with E-state index in [1.165, 1.54) is 11.6 Å². The topological polar surface area (TPSA) is 95.2 Å². The fraction of sp³-hybridized carbons (Fsp3) is 0.300. The molecule has 0 spiro atoms. The lowest BCUT2D eigenvalue weighted by molar-refractivity contribution is -0.116. The summed E-state index contributed by atoms with van der Waals surface area (Å²) in [6.07, 6.45) is 2.22. The summed E-state index contributed by atoms with van der Waals surface area (Å²) in [5.41, 5.74) is 0.341. The van der Waals surface area contributed by atoms with E-state index in [4.69, 9.17) is 4.74 Å². The van der Waals surface area contributed by atoms with Crippen LogP contribution in [-0.2, 0) is 24.8 Å². The van der Waals surface area contributed by atoms with Crippen LogP contribution in [0.5, 0.6) is 5.75 Å². The number of carbonyl (C=O) groups excluding carboxylic acids is 1. The van der Waals surface area contributed by atoms with Gasteiger partial charge in [-0.2, -0.15) is 0 Å². The van der Waals surface area contributed by atoms with Gasteiger partial charge in [0.05, 0.1) is 6.61 Å². The van der Waals surface area contributed by atoms with Crippen molar-refractivity contribution in [1.29, 1.82) is 0 Å². The standard InChI is InChI=1S/C20H21BrN4O4/c1-4-12-10-22-18-16(17(12)29-5-2)19(27)25(20(28)24(18)3)11-15(26)23-14-8-6-13(21)7-9-14/h6-10H,4-5,11H2,1-3H3,(H,23,26). The summed E-state index contributed by atoms with van der Waals surface area (Å²) in [6.45, 7) is 3.69. The predicted molar refractivity (Wildman–Crippen MR) is 115 cm³/mol. The zero-order valence-electron chi connectivity index (χ0n) is 16.4. The molecule has 3 aromatic rings. The first-order valence-corrected chi connectivity index (χ1v) is 9.96. The Morgan fingerprint density at radius 3 is 2.52 bits per heavy atom. The molecular formula is C20H21BrN4O4. The first-order chi connectivity index (χ1) is 13.9. The van der Waals surface area contributed by atoms with Gasteiger partial charge in [-0.25, -0.2) is 14.3 Å². The molecular weight excluding hydrogens is 440 g/mol. The molecule has 2 heterocycles. The highest BCUT2D eigenvalue weighted by atomic mass is 79.9. The predicted octanol–water partition coefficient (Wildman–Crippen LogP) is 2.46. The van der Waals surface area contributed by atoms with Gasteiger partial charge in [-0.1, -0.05) is 22.9 Å². The van der Waals surface area contributed by atoms with Gasteiger partial charge < -0.3 is 10.1 Å². The number of aromatic nitrogens is 3. The fourth-order valence-electron chi connectivity index (χ4n) is 3.04. The highest BCUT2D eigenvalue weighted by molar-refractivity contribution is 9.10. The van der Waals surface area contributed by atoms with Crippen LogP contribution >= 0.6 is 15.9 Å². The lowest BCUT2D eigenvalue weighted by Crippen LogP contribution is -2.42. The number of nitrogens with zero attached hydrogens (tertiary/aromatic N) is 3. The third-order valence-electron chi connectivity index (χ3n) is 4.48. The van der Waals surface area contributed by atoms with Gasteiger partial charge in [-0.05, 0) is 37.6 Å². The van der Waals surface area contributed by atoms with Gasteiger partial charge in [-0.3, -0.25) is 14.2 Å². The number of pyridine rings is 1. The number of nitrogens with one attached hydrogen (secondary N) is 1. The summed E-state index contributed by atoms with van der Waals surface area (Å²) in [4.78, 5) is 42.6. The number of ether oxygens (including phenoxy) is 1. The minimum atomic E-state index is -0.618. The molecule has 0 bridgehead atoms. The first-order valence-electron chi connectivity index (χ1n) is 9.17. The quantitative estimate of drug-likeness (QED) is 0.609. The number of rotatable bonds is 6. The Balaban J connectivity index is 2.09. The van der Waals surface area contributed by atoms with Crippen molar-refractivity contribution >= 4 is 38.6 Å². The van der Waals surface area contributed by atoms with Gasteiger partial charge in [-0.15, -0.1) is 0 Å². The zero-order valence-corrected chi connectivity index (χ0v) is 17.9. The highest BCUT2D eigenvalue weighted by Crippen LogP contribution is 2.25. The number of carbonyl (C=O) groups is 1. The molecule has 1 aromatic carbocycles. The van der Waals surface area contributed by atoms with Gasteiger partial charge in [0.2, 0.25) is 5.91 Å². The maximum atomic E-state index is 13.1. The van der Waals surface area contributed by atoms with Crippen molar-refractivity contribution in [3.63, 3.8) is 0 Å². The van der Waals surface area contributed by atoms with Crippen molar-refractivity contribution in [2.75, 3.05) is 11.9 Å². The number of aryl methyl sites for hydroxylation is 2. The second-order valence-electron chi connectivity index (χ2n) is 6.39. The SMILES string of the molecule is CCOc1c(CC)cnc2c1c(=O)n(CC(=O)Nc1ccc(Br)cc1)c(=O)n2C. The van der Waals surface area contributed by atoms with E-state index in [1.54, 1.807) is 30.5 Å². The Kier molecular flexibility index (Phi) is 6.17. The van der Waals surface area contributed by atoms with Gasteiger partial charge in [0, 0.05) is 29.0 Å². The summed E-state index contributed by atoms with van der Waals surface area (Å²) in [6, 6.07) is 6.99. The smallest absolute Gasteiger partial charge is 0.332 e. The molecule has 0 radical (unpaired) electrons. The van der Waals surface area contributed by atoms with Gasteiger partial charge in [0.15, 0.2) is 5.65 Å². The maximum Gasteiger partial charge on any atom is 0.332 e. The van der Waals surface area contributed by atoms with E-state index in [-0.39, 0.29) is 11.0 Å². The Labute approximate surface area is 175 Å². The van der Waals surface area contributed by atoms with Crippen molar-refractivity contribution < 1.29 is 9.53 Å². The lowest BCUT2D eigenvalue weighted by atomic mass is 10.1. The molecule has 8 nitrogen and oxygen atoms in total. The Morgan fingerprint density at radius 2 is 1.90 bits per heavy atom. The summed E-state index contributed by atoms with van der Waals surface area (Å²) in [5.74, 6) is -0.0777. The van der Waals surface area contributed by atoms with E-state index < -0.39 is 23.7 Å². The fourth-order valence-corrected chi connectivity index (χ4v) is 3.31. The van der Waals surface area contributed by atoms with E-state index >= 15 is 0 Å². The van der Waals surface area contributed by atoms with E-state index in [0.717, 1.165) is 14.6 Å². The van der Waals surface area contributed by atoms with Crippen LogP contribution in [-0.4, -0.2) is 26.6 Å². The molecule has 0 fully saturated rings. The van der Waals surface area contributed by atoms with E-state index in [0.29, 0.717) is 24.5 Å². The zero-order chi connectivity index (χ0) is 21.1. The van der Waals surface area contributed by atoms with Crippen LogP contribution in [0.3, 0.4) is 0 Å². The maximum absolute atomic E-state index is 13.1. The molecule has 29 heavy (non-hydrogen) atoms. The molecule has 0 saturated carbocycles. The number of benzene rings is 1. The number of hydrogen-bond acceptors (Lipinski definition) is 5. The van der Waals surface area contributed by atoms with E-state index in [2.05, 4.69) is 26.2 Å². The second kappa shape index (κ2) is 8.60. The van der Waals surface area contributed by atoms with E-state index in [9.17, 15) is 14.4 Å². The molecule has 3 rings (SSSR count). The average Bonchev–Trinajstić information content (AvgIpc) is 2.71. The summed E-state index contributed by atoms with van der Waals surface area (Å²) in [7, 11) is 1.52. The number of fused-ring (bicyclic) bond motifs is 1. The molecule has 1 amide bonds. The number of hydrogen-bond donors (Lipinski definition) is 1. The first kappa shape index (κ1) is 20.8. The lowest BCUT2D eigenvalue weighted by Gasteiger charge is -2.15. The van der Waals surface area contributed by atoms with Gasteiger partial charge in [0.1, 0.15) is 17.7 Å². The molecule has 0 unspecified atom stereocenters. The van der Waals surface area contributed by atoms with Crippen LogP contribution in [0.4, 0.5) is 5.69 Å². The molecule has 152 valence electrons. The molecule has 0 aliphatic rings. The molecule has 0 saturated heterocycles. The molecule has 0 aliphatic heterocycles. The van der Waals surface area contributed by atoms with Crippen LogP contribution in [0.1, 0.15) is 19.4 Å². The van der Waals surface area contributed by atoms with Crippen LogP contribution in [0.15, 0.2) is 44.5 Å². The van der Waals surface area contributed by atoms with Gasteiger partial charge >= 0.3 is 5.69 Å². The number of anilines is 1. The van der Waals surface area contributed by atoms with Crippen molar-refractivity contribution in [2.24, 2.45) is 7.05 Å². The molecule has 9 heteroatoms. The van der Waals surface area contributed by atoms with Crippen molar-refractivity contribution in [1.82, 2.24) is 14.1 Å². The van der Waals surface area contributed by atoms with Crippen LogP contribution < -0.4 is 21.3 Å². The van der Waals surface area contributed by atoms with Crippen molar-refractivity contribution in [2.45, 2.75) is 26.8 Å². The van der Waals surface area contributed by atoms with Crippen molar-refractivity contribution in [3.8, 4) is 5.75 Å². The Hall–Kier alpha value is -2.94. The normalized spacial score (nSPS) is 10.9. The van der Waals surface area contributed by atoms with Crippen molar-refractivity contribution in [3.05, 3.63) is 61.3 Å². The average molecular weight is 461 g/mol. The second-order valence-corrected chi connectivity index (χ2v) is 7.30. The summed E-state index contributed by atoms with van der Waals surface area (Å²) < 4.78 is 8.74. The summed E-state index contributed by atoms with van der Waals surface area (Å²) >= 11 is 3.33. The Morgan fingerprint density at radius 1 is 1.21 bits per heavy atom. The minimum Gasteiger partial charge on any atom is -0.493 e. The summed E-state index contributed by atoms with van der Waals surface area (Å²) in [5, 5.41) is 2.89. The molecule has 2 aromatic heterocycles.